The van der Waals surface area contributed by atoms with Crippen molar-refractivity contribution in [3.63, 3.8) is 0 Å². The van der Waals surface area contributed by atoms with Crippen LogP contribution in [0.4, 0.5) is 0 Å². The molecule has 6 nitrogen and oxygen atoms in total. The Labute approximate surface area is 520 Å². The maximum atomic E-state index is 13.0. The lowest BCUT2D eigenvalue weighted by molar-refractivity contribution is -0.167. The van der Waals surface area contributed by atoms with Crippen molar-refractivity contribution in [2.45, 2.75) is 451 Å². The lowest BCUT2D eigenvalue weighted by atomic mass is 10.0. The van der Waals surface area contributed by atoms with Crippen LogP contribution in [-0.2, 0) is 28.6 Å². The molecule has 83 heavy (non-hydrogen) atoms. The summed E-state index contributed by atoms with van der Waals surface area (Å²) in [5, 5.41) is 0. The van der Waals surface area contributed by atoms with Gasteiger partial charge in [0, 0.05) is 19.3 Å². The summed E-state index contributed by atoms with van der Waals surface area (Å²) in [6.45, 7) is 6.74. The standard InChI is InChI=1S/C77H148O6/c1-4-7-10-13-16-19-22-25-27-29-31-32-33-34-35-36-37-38-39-40-41-42-43-44-46-47-49-52-55-58-61-64-67-70-76(79)82-73-74(72-81-75(78)69-66-63-60-57-54-51-24-21-18-15-12-9-6-3)83-77(80)71-68-65-62-59-56-53-50-48-45-30-28-26-23-20-17-14-11-8-5-2/h29,31,74H,4-28,30,32-73H2,1-3H3/b31-29-. The zero-order valence-corrected chi connectivity index (χ0v) is 56.8. The number of hydrogen-bond acceptors (Lipinski definition) is 6. The molecule has 0 amide bonds. The molecule has 0 bridgehead atoms. The first-order chi connectivity index (χ1) is 41.0. The molecular weight excluding hydrogens is 1020 g/mol. The predicted octanol–water partition coefficient (Wildman–Crippen LogP) is 26.3. The van der Waals surface area contributed by atoms with Crippen molar-refractivity contribution in [3.05, 3.63) is 12.2 Å². The van der Waals surface area contributed by atoms with Crippen molar-refractivity contribution in [1.29, 1.82) is 0 Å². The first kappa shape index (κ1) is 81.2. The van der Waals surface area contributed by atoms with Crippen molar-refractivity contribution >= 4 is 17.9 Å². The van der Waals surface area contributed by atoms with Crippen molar-refractivity contribution < 1.29 is 28.6 Å². The van der Waals surface area contributed by atoms with Gasteiger partial charge < -0.3 is 14.2 Å². The van der Waals surface area contributed by atoms with E-state index in [0.717, 1.165) is 57.8 Å². The van der Waals surface area contributed by atoms with Crippen LogP contribution in [0, 0.1) is 0 Å². The third-order valence-corrected chi connectivity index (χ3v) is 17.8. The number of ether oxygens (including phenoxy) is 3. The van der Waals surface area contributed by atoms with Gasteiger partial charge in [0.05, 0.1) is 0 Å². The molecule has 492 valence electrons. The van der Waals surface area contributed by atoms with E-state index in [1.165, 1.54) is 347 Å². The van der Waals surface area contributed by atoms with Gasteiger partial charge in [-0.1, -0.05) is 392 Å². The molecule has 0 aromatic heterocycles. The molecule has 0 aromatic carbocycles. The summed E-state index contributed by atoms with van der Waals surface area (Å²) < 4.78 is 17.0. The molecular formula is C77H148O6. The Bertz CT molecular complexity index is 1300. The molecule has 0 aromatic rings. The molecule has 1 atom stereocenters. The fourth-order valence-corrected chi connectivity index (χ4v) is 12.0. The number of esters is 3. The van der Waals surface area contributed by atoms with E-state index in [0.29, 0.717) is 19.3 Å². The predicted molar refractivity (Wildman–Crippen MR) is 363 cm³/mol. The van der Waals surface area contributed by atoms with Crippen LogP contribution in [0.15, 0.2) is 12.2 Å². The second kappa shape index (κ2) is 72.6. The molecule has 0 rings (SSSR count). The Balaban J connectivity index is 4.09. The maximum Gasteiger partial charge on any atom is 0.306 e. The van der Waals surface area contributed by atoms with Gasteiger partial charge in [0.15, 0.2) is 6.10 Å². The Morgan fingerprint density at radius 1 is 0.229 bits per heavy atom. The molecule has 0 aliphatic heterocycles. The van der Waals surface area contributed by atoms with Crippen LogP contribution in [0.5, 0.6) is 0 Å². The van der Waals surface area contributed by atoms with E-state index in [-0.39, 0.29) is 31.1 Å². The maximum absolute atomic E-state index is 13.0. The van der Waals surface area contributed by atoms with Crippen LogP contribution < -0.4 is 0 Å². The van der Waals surface area contributed by atoms with Crippen molar-refractivity contribution in [2.24, 2.45) is 0 Å². The zero-order chi connectivity index (χ0) is 59.9. The van der Waals surface area contributed by atoms with Gasteiger partial charge in [-0.2, -0.15) is 0 Å². The Hall–Kier alpha value is -1.85. The second-order valence-electron chi connectivity index (χ2n) is 26.3. The summed E-state index contributed by atoms with van der Waals surface area (Å²) in [5.41, 5.74) is 0. The summed E-state index contributed by atoms with van der Waals surface area (Å²) in [6.07, 6.45) is 88.4. The lowest BCUT2D eigenvalue weighted by Gasteiger charge is -2.18. The van der Waals surface area contributed by atoms with Gasteiger partial charge in [0.2, 0.25) is 0 Å². The Kier molecular flexibility index (Phi) is 71.0. The van der Waals surface area contributed by atoms with E-state index in [1.54, 1.807) is 0 Å². The summed E-state index contributed by atoms with van der Waals surface area (Å²) >= 11 is 0. The van der Waals surface area contributed by atoms with E-state index >= 15 is 0 Å². The average molecular weight is 1170 g/mol. The van der Waals surface area contributed by atoms with Crippen LogP contribution in [0.2, 0.25) is 0 Å². The quantitative estimate of drug-likeness (QED) is 0.0261. The van der Waals surface area contributed by atoms with Gasteiger partial charge in [-0.15, -0.1) is 0 Å². The van der Waals surface area contributed by atoms with Crippen LogP contribution in [0.25, 0.3) is 0 Å². The monoisotopic (exact) mass is 1170 g/mol. The molecule has 0 aliphatic rings. The number of allylic oxidation sites excluding steroid dienone is 2. The molecule has 1 unspecified atom stereocenters. The number of unbranched alkanes of at least 4 members (excludes halogenated alkanes) is 59. The van der Waals surface area contributed by atoms with Crippen LogP contribution in [-0.4, -0.2) is 37.2 Å². The molecule has 0 fully saturated rings. The highest BCUT2D eigenvalue weighted by molar-refractivity contribution is 5.71. The Morgan fingerprint density at radius 3 is 0.602 bits per heavy atom. The largest absolute Gasteiger partial charge is 0.462 e. The van der Waals surface area contributed by atoms with Crippen molar-refractivity contribution in [3.8, 4) is 0 Å². The van der Waals surface area contributed by atoms with Gasteiger partial charge >= 0.3 is 17.9 Å². The molecule has 6 heteroatoms. The van der Waals surface area contributed by atoms with Crippen LogP contribution in [0.3, 0.4) is 0 Å². The zero-order valence-electron chi connectivity index (χ0n) is 56.8. The first-order valence-corrected chi connectivity index (χ1v) is 38.2. The molecule has 0 saturated heterocycles. The van der Waals surface area contributed by atoms with Crippen molar-refractivity contribution in [1.82, 2.24) is 0 Å². The second-order valence-corrected chi connectivity index (χ2v) is 26.3. The SMILES string of the molecule is CCCCCCCCCC/C=C\CCCCCCCCCCCCCCCCCCCCCCCC(=O)OCC(COC(=O)CCCCCCCCCCCCCCC)OC(=O)CCCCCCCCCCCCCCCCCCCCC. The molecule has 0 spiro atoms. The minimum atomic E-state index is -0.765. The highest BCUT2D eigenvalue weighted by Gasteiger charge is 2.20. The Morgan fingerprint density at radius 2 is 0.398 bits per heavy atom. The average Bonchev–Trinajstić information content (AvgIpc) is 3.49. The van der Waals surface area contributed by atoms with E-state index in [9.17, 15) is 14.4 Å². The minimum absolute atomic E-state index is 0.0614. The topological polar surface area (TPSA) is 78.9 Å². The number of rotatable bonds is 72. The van der Waals surface area contributed by atoms with Gasteiger partial charge in [-0.05, 0) is 44.9 Å². The highest BCUT2D eigenvalue weighted by Crippen LogP contribution is 2.20. The van der Waals surface area contributed by atoms with Gasteiger partial charge in [0.25, 0.3) is 0 Å². The van der Waals surface area contributed by atoms with Crippen LogP contribution >= 0.6 is 0 Å². The number of carbonyl (C=O) groups is 3. The van der Waals surface area contributed by atoms with E-state index in [1.807, 2.05) is 0 Å². The van der Waals surface area contributed by atoms with Gasteiger partial charge in [-0.3, -0.25) is 14.4 Å². The third kappa shape index (κ3) is 70.8. The molecule has 0 radical (unpaired) electrons. The fourth-order valence-electron chi connectivity index (χ4n) is 12.0. The third-order valence-electron chi connectivity index (χ3n) is 17.8. The van der Waals surface area contributed by atoms with E-state index in [2.05, 4.69) is 32.9 Å². The highest BCUT2D eigenvalue weighted by atomic mass is 16.6. The van der Waals surface area contributed by atoms with Gasteiger partial charge in [0.1, 0.15) is 13.2 Å². The lowest BCUT2D eigenvalue weighted by Crippen LogP contribution is -2.30. The molecule has 0 saturated carbocycles. The summed E-state index contributed by atoms with van der Waals surface area (Å²) in [4.78, 5) is 38.5. The van der Waals surface area contributed by atoms with Crippen molar-refractivity contribution in [2.75, 3.05) is 13.2 Å². The molecule has 0 heterocycles. The first-order valence-electron chi connectivity index (χ1n) is 38.2. The summed E-state index contributed by atoms with van der Waals surface area (Å²) in [5.74, 6) is -0.822. The molecule has 0 N–H and O–H groups in total. The fraction of sp³-hybridized carbons (Fsp3) is 0.935. The summed E-state index contributed by atoms with van der Waals surface area (Å²) in [6, 6.07) is 0. The van der Waals surface area contributed by atoms with E-state index < -0.39 is 6.10 Å². The normalized spacial score (nSPS) is 12.0. The van der Waals surface area contributed by atoms with Crippen LogP contribution in [0.1, 0.15) is 445 Å². The van der Waals surface area contributed by atoms with E-state index in [4.69, 9.17) is 14.2 Å². The smallest absolute Gasteiger partial charge is 0.306 e. The minimum Gasteiger partial charge on any atom is -0.462 e. The number of carbonyl (C=O) groups excluding carboxylic acids is 3. The van der Waals surface area contributed by atoms with Gasteiger partial charge in [-0.25, -0.2) is 0 Å². The number of hydrogen-bond donors (Lipinski definition) is 0. The molecule has 0 aliphatic carbocycles. The summed E-state index contributed by atoms with van der Waals surface area (Å²) in [7, 11) is 0.